The van der Waals surface area contributed by atoms with Crippen molar-refractivity contribution in [2.75, 3.05) is 4.90 Å². The predicted octanol–water partition coefficient (Wildman–Crippen LogP) is 4.27. The van der Waals surface area contributed by atoms with E-state index >= 15 is 0 Å². The van der Waals surface area contributed by atoms with Crippen molar-refractivity contribution in [3.8, 4) is 0 Å². The van der Waals surface area contributed by atoms with E-state index in [0.717, 1.165) is 11.3 Å². The van der Waals surface area contributed by atoms with E-state index in [1.54, 1.807) is 12.1 Å². The maximum Gasteiger partial charge on any atom is 0.236 e. The highest BCUT2D eigenvalue weighted by molar-refractivity contribution is 7.12. The third-order valence-electron chi connectivity index (χ3n) is 6.57. The number of halogens is 1. The number of ketones is 1. The number of carbonyl (C=O) groups excluding carboxylic acids is 3. The minimum Gasteiger partial charge on any atom is -0.352 e. The lowest BCUT2D eigenvalue weighted by atomic mass is 9.87. The molecule has 2 amide bonds. The van der Waals surface area contributed by atoms with Crippen LogP contribution in [0.3, 0.4) is 0 Å². The average Bonchev–Trinajstić information content (AvgIpc) is 3.43. The van der Waals surface area contributed by atoms with Crippen molar-refractivity contribution in [2.24, 2.45) is 11.8 Å². The Labute approximate surface area is 183 Å². The van der Waals surface area contributed by atoms with E-state index < -0.39 is 17.9 Å². The molecule has 0 spiro atoms. The van der Waals surface area contributed by atoms with E-state index in [4.69, 9.17) is 11.6 Å². The second kappa shape index (κ2) is 7.06. The zero-order valence-corrected chi connectivity index (χ0v) is 18.2. The third kappa shape index (κ3) is 2.63. The standard InChI is InChI=1S/C23H21ClN2O3S/c1-3-12(2)25-22(28)18-16-8-6-13-11-14(24)7-9-15(13)26(16)20(19(18)23(25)29)21(27)17-5-4-10-30-17/h4-12,16,18-20H,3H2,1-2H3/t12-,16-,18+,19-,20-/m1/s1. The molecule has 1 aromatic heterocycles. The SMILES string of the molecule is CC[C@@H](C)N1C(=O)[C@@H]2[C@@H](C1=O)[C@H](C(=O)c1cccs1)N1c3ccc(Cl)cc3C=C[C@H]21. The van der Waals surface area contributed by atoms with E-state index in [-0.39, 0.29) is 29.7 Å². The van der Waals surface area contributed by atoms with Gasteiger partial charge in [-0.05, 0) is 48.6 Å². The molecule has 1 aromatic carbocycles. The van der Waals surface area contributed by atoms with Crippen molar-refractivity contribution in [1.29, 1.82) is 0 Å². The van der Waals surface area contributed by atoms with E-state index in [2.05, 4.69) is 0 Å². The van der Waals surface area contributed by atoms with Crippen molar-refractivity contribution in [2.45, 2.75) is 38.4 Å². The number of benzene rings is 1. The fourth-order valence-electron chi connectivity index (χ4n) is 5.05. The fourth-order valence-corrected chi connectivity index (χ4v) is 5.93. The van der Waals surface area contributed by atoms with Crippen molar-refractivity contribution in [3.05, 3.63) is 57.3 Å². The zero-order chi connectivity index (χ0) is 21.2. The van der Waals surface area contributed by atoms with Crippen LogP contribution in [-0.2, 0) is 9.59 Å². The maximum absolute atomic E-state index is 13.6. The van der Waals surface area contributed by atoms with Crippen LogP contribution in [0, 0.1) is 11.8 Å². The number of hydrogen-bond acceptors (Lipinski definition) is 5. The Kier molecular flexibility index (Phi) is 4.60. The van der Waals surface area contributed by atoms with Crippen LogP contribution >= 0.6 is 22.9 Å². The summed E-state index contributed by atoms with van der Waals surface area (Å²) in [6.07, 6.45) is 4.58. The molecular weight excluding hydrogens is 420 g/mol. The summed E-state index contributed by atoms with van der Waals surface area (Å²) in [5.41, 5.74) is 1.73. The van der Waals surface area contributed by atoms with E-state index in [9.17, 15) is 14.4 Å². The minimum atomic E-state index is -0.714. The molecule has 5 nitrogen and oxygen atoms in total. The molecule has 0 bridgehead atoms. The number of fused-ring (bicyclic) bond motifs is 5. The predicted molar refractivity (Wildman–Crippen MR) is 118 cm³/mol. The Bertz CT molecular complexity index is 1080. The van der Waals surface area contributed by atoms with Gasteiger partial charge in [-0.3, -0.25) is 19.3 Å². The monoisotopic (exact) mass is 440 g/mol. The quantitative estimate of drug-likeness (QED) is 0.526. The fraction of sp³-hybridized carbons (Fsp3) is 0.348. The van der Waals surface area contributed by atoms with Gasteiger partial charge < -0.3 is 4.90 Å². The number of imide groups is 1. The van der Waals surface area contributed by atoms with Gasteiger partial charge in [0.15, 0.2) is 5.78 Å². The summed E-state index contributed by atoms with van der Waals surface area (Å²) in [6.45, 7) is 3.85. The van der Waals surface area contributed by atoms with Crippen LogP contribution in [0.5, 0.6) is 0 Å². The van der Waals surface area contributed by atoms with Crippen LogP contribution < -0.4 is 4.90 Å². The summed E-state index contributed by atoms with van der Waals surface area (Å²) in [4.78, 5) is 44.5. The number of anilines is 1. The van der Waals surface area contributed by atoms with Crippen molar-refractivity contribution in [3.63, 3.8) is 0 Å². The first kappa shape index (κ1) is 19.5. The lowest BCUT2D eigenvalue weighted by Gasteiger charge is -2.37. The third-order valence-corrected chi connectivity index (χ3v) is 7.69. The topological polar surface area (TPSA) is 57.7 Å². The minimum absolute atomic E-state index is 0.106. The van der Waals surface area contributed by atoms with Crippen molar-refractivity contribution in [1.82, 2.24) is 4.90 Å². The summed E-state index contributed by atoms with van der Waals surface area (Å²) >= 11 is 7.54. The molecule has 3 aliphatic rings. The number of nitrogens with zero attached hydrogens (tertiary/aromatic N) is 2. The van der Waals surface area contributed by atoms with E-state index in [0.29, 0.717) is 16.3 Å². The van der Waals surface area contributed by atoms with Crippen LogP contribution in [0.4, 0.5) is 5.69 Å². The molecule has 4 heterocycles. The smallest absolute Gasteiger partial charge is 0.236 e. The number of rotatable bonds is 4. The first-order valence-electron chi connectivity index (χ1n) is 10.1. The molecular formula is C23H21ClN2O3S. The largest absolute Gasteiger partial charge is 0.352 e. The maximum atomic E-state index is 13.6. The van der Waals surface area contributed by atoms with Crippen LogP contribution in [-0.4, -0.2) is 40.6 Å². The van der Waals surface area contributed by atoms with Gasteiger partial charge in [0, 0.05) is 16.8 Å². The van der Waals surface area contributed by atoms with Crippen LogP contribution in [0.15, 0.2) is 41.8 Å². The number of carbonyl (C=O) groups is 3. The molecule has 2 saturated heterocycles. The molecule has 154 valence electrons. The van der Waals surface area contributed by atoms with Gasteiger partial charge in [0.05, 0.1) is 22.8 Å². The molecule has 0 aliphatic carbocycles. The van der Waals surface area contributed by atoms with Gasteiger partial charge in [-0.2, -0.15) is 0 Å². The molecule has 5 rings (SSSR count). The Morgan fingerprint density at radius 2 is 1.97 bits per heavy atom. The van der Waals surface area contributed by atoms with Crippen LogP contribution in [0.2, 0.25) is 5.02 Å². The first-order chi connectivity index (χ1) is 14.4. The Balaban J connectivity index is 1.66. The number of thiophene rings is 1. The number of amides is 2. The van der Waals surface area contributed by atoms with Crippen LogP contribution in [0.25, 0.3) is 6.08 Å². The van der Waals surface area contributed by atoms with Gasteiger partial charge in [0.2, 0.25) is 11.8 Å². The molecule has 30 heavy (non-hydrogen) atoms. The first-order valence-corrected chi connectivity index (χ1v) is 11.4. The summed E-state index contributed by atoms with van der Waals surface area (Å²) in [7, 11) is 0. The molecule has 0 N–H and O–H groups in total. The van der Waals surface area contributed by atoms with Crippen molar-refractivity contribution < 1.29 is 14.4 Å². The van der Waals surface area contributed by atoms with Gasteiger partial charge >= 0.3 is 0 Å². The number of likely N-dealkylation sites (tertiary alicyclic amines) is 1. The van der Waals surface area contributed by atoms with E-state index in [1.165, 1.54) is 16.2 Å². The van der Waals surface area contributed by atoms with Gasteiger partial charge in [0.25, 0.3) is 0 Å². The normalized spacial score (nSPS) is 27.8. The van der Waals surface area contributed by atoms with Gasteiger partial charge in [-0.1, -0.05) is 36.7 Å². The van der Waals surface area contributed by atoms with Gasteiger partial charge in [-0.15, -0.1) is 11.3 Å². The van der Waals surface area contributed by atoms with Crippen molar-refractivity contribution >= 4 is 52.3 Å². The molecule has 2 aromatic rings. The van der Waals surface area contributed by atoms with Crippen LogP contribution in [0.1, 0.15) is 35.5 Å². The van der Waals surface area contributed by atoms with E-state index in [1.807, 2.05) is 54.5 Å². The zero-order valence-electron chi connectivity index (χ0n) is 16.6. The Morgan fingerprint density at radius 3 is 2.67 bits per heavy atom. The second-order valence-corrected chi connectivity index (χ2v) is 9.49. The average molecular weight is 441 g/mol. The molecule has 3 aliphatic heterocycles. The molecule has 5 atom stereocenters. The highest BCUT2D eigenvalue weighted by atomic mass is 35.5. The van der Waals surface area contributed by atoms with Gasteiger partial charge in [-0.25, -0.2) is 0 Å². The Morgan fingerprint density at radius 1 is 1.20 bits per heavy atom. The molecule has 0 radical (unpaired) electrons. The molecule has 2 fully saturated rings. The highest BCUT2D eigenvalue weighted by Gasteiger charge is 2.64. The number of Topliss-reactive ketones (excluding diaryl/α,β-unsaturated/α-hetero) is 1. The highest BCUT2D eigenvalue weighted by Crippen LogP contribution is 2.50. The summed E-state index contributed by atoms with van der Waals surface area (Å²) < 4.78 is 0. The number of hydrogen-bond donors (Lipinski definition) is 0. The Hall–Kier alpha value is -2.44. The molecule has 7 heteroatoms. The molecule has 0 unspecified atom stereocenters. The van der Waals surface area contributed by atoms with Gasteiger partial charge in [0.1, 0.15) is 6.04 Å². The lowest BCUT2D eigenvalue weighted by molar-refractivity contribution is -0.142. The molecule has 0 saturated carbocycles. The lowest BCUT2D eigenvalue weighted by Crippen LogP contribution is -2.50. The second-order valence-electron chi connectivity index (χ2n) is 8.10. The summed E-state index contributed by atoms with van der Waals surface area (Å²) in [6, 6.07) is 7.90. The summed E-state index contributed by atoms with van der Waals surface area (Å²) in [5, 5.41) is 2.46. The summed E-state index contributed by atoms with van der Waals surface area (Å²) in [5.74, 6) is -1.74.